The Hall–Kier alpha value is -1.44. The van der Waals surface area contributed by atoms with E-state index in [0.29, 0.717) is 0 Å². The van der Waals surface area contributed by atoms with Gasteiger partial charge < -0.3 is 15.6 Å². The lowest BCUT2D eigenvalue weighted by Gasteiger charge is -2.13. The second-order valence-electron chi connectivity index (χ2n) is 2.69. The fourth-order valence-electron chi connectivity index (χ4n) is 0.983. The first kappa shape index (κ1) is 12.6. The Morgan fingerprint density at radius 1 is 1.44 bits per heavy atom. The van der Waals surface area contributed by atoms with Gasteiger partial charge in [-0.2, -0.15) is 0 Å². The molecule has 0 fully saturated rings. The number of hydrogen-bond donors (Lipinski definition) is 2. The Kier molecular flexibility index (Phi) is 3.32. The molecule has 88 valence electrons. The molecule has 8 heteroatoms. The fraction of sp³-hybridized carbons (Fsp3) is 0.125. The van der Waals surface area contributed by atoms with E-state index in [2.05, 4.69) is 20.7 Å². The molecule has 0 amide bonds. The van der Waals surface area contributed by atoms with Crippen LogP contribution in [-0.2, 0) is 0 Å². The van der Waals surface area contributed by atoms with Crippen LogP contribution in [0.25, 0.3) is 0 Å². The zero-order chi connectivity index (χ0) is 12.5. The highest BCUT2D eigenvalue weighted by molar-refractivity contribution is 9.10. The normalized spacial score (nSPS) is 11.2. The summed E-state index contributed by atoms with van der Waals surface area (Å²) in [5.41, 5.74) is 4.68. The highest BCUT2D eigenvalue weighted by Crippen LogP contribution is 2.34. The van der Waals surface area contributed by atoms with Crippen molar-refractivity contribution >= 4 is 27.6 Å². The molecule has 0 bridgehead atoms. The average Bonchev–Trinajstić information content (AvgIpc) is 2.08. The van der Waals surface area contributed by atoms with Crippen LogP contribution in [0.3, 0.4) is 0 Å². The fourth-order valence-corrected chi connectivity index (χ4v) is 1.48. The van der Waals surface area contributed by atoms with Gasteiger partial charge in [-0.1, -0.05) is 0 Å². The van der Waals surface area contributed by atoms with Crippen molar-refractivity contribution in [2.24, 2.45) is 0 Å². The summed E-state index contributed by atoms with van der Waals surface area (Å²) < 4.78 is 39.3. The second-order valence-corrected chi connectivity index (χ2v) is 3.49. The molecule has 3 N–H and O–H groups in total. The van der Waals surface area contributed by atoms with Crippen LogP contribution in [0.15, 0.2) is 16.6 Å². The van der Waals surface area contributed by atoms with Crippen LogP contribution in [0.4, 0.5) is 18.9 Å². The van der Waals surface area contributed by atoms with E-state index in [-0.39, 0.29) is 10.2 Å². The summed E-state index contributed by atoms with van der Waals surface area (Å²) in [7, 11) is 0. The highest BCUT2D eigenvalue weighted by atomic mass is 79.9. The molecular formula is C8H5BrF3NO3. The number of hydrogen-bond acceptors (Lipinski definition) is 3. The standard InChI is InChI=1S/C8H5BrF3NO3/c9-6-3(13)1-2-4(5(6)7(14)15)16-8(10,11)12/h1-2H,13H2,(H,14,15). The van der Waals surface area contributed by atoms with Gasteiger partial charge in [0.1, 0.15) is 11.3 Å². The molecule has 0 saturated carbocycles. The molecule has 0 heterocycles. The molecule has 16 heavy (non-hydrogen) atoms. The first-order chi connectivity index (χ1) is 7.22. The Morgan fingerprint density at radius 2 is 2.00 bits per heavy atom. The Labute approximate surface area is 95.9 Å². The van der Waals surface area contributed by atoms with E-state index < -0.39 is 23.6 Å². The van der Waals surface area contributed by atoms with Crippen LogP contribution in [0.1, 0.15) is 10.4 Å². The largest absolute Gasteiger partial charge is 0.573 e. The molecule has 0 spiro atoms. The van der Waals surface area contributed by atoms with Crippen LogP contribution in [0.5, 0.6) is 5.75 Å². The predicted octanol–water partition coefficient (Wildman–Crippen LogP) is 2.63. The Balaban J connectivity index is 3.29. The monoisotopic (exact) mass is 299 g/mol. The number of alkyl halides is 3. The minimum atomic E-state index is -4.96. The SMILES string of the molecule is Nc1ccc(OC(F)(F)F)c(C(=O)O)c1Br. The summed E-state index contributed by atoms with van der Waals surface area (Å²) in [6, 6.07) is 1.95. The summed E-state index contributed by atoms with van der Waals surface area (Å²) in [6.45, 7) is 0. The molecular weight excluding hydrogens is 295 g/mol. The third kappa shape index (κ3) is 2.78. The van der Waals surface area contributed by atoms with E-state index in [1.54, 1.807) is 0 Å². The molecule has 1 rings (SSSR count). The molecule has 0 aliphatic heterocycles. The molecule has 1 aromatic rings. The number of carboxylic acid groups (broad SMARTS) is 1. The van der Waals surface area contributed by atoms with Crippen molar-refractivity contribution in [3.05, 3.63) is 22.2 Å². The second kappa shape index (κ2) is 4.20. The summed E-state index contributed by atoms with van der Waals surface area (Å²) in [5.74, 6) is -2.39. The lowest BCUT2D eigenvalue weighted by molar-refractivity contribution is -0.274. The van der Waals surface area contributed by atoms with Crippen molar-refractivity contribution in [1.29, 1.82) is 0 Å². The van der Waals surface area contributed by atoms with Crippen LogP contribution in [-0.4, -0.2) is 17.4 Å². The molecule has 4 nitrogen and oxygen atoms in total. The van der Waals surface area contributed by atoms with E-state index >= 15 is 0 Å². The van der Waals surface area contributed by atoms with E-state index in [1.165, 1.54) is 0 Å². The molecule has 0 atom stereocenters. The zero-order valence-electron chi connectivity index (χ0n) is 7.51. The minimum absolute atomic E-state index is 0.00641. The predicted molar refractivity (Wildman–Crippen MR) is 52.2 cm³/mol. The maximum absolute atomic E-state index is 12.0. The van der Waals surface area contributed by atoms with Gasteiger partial charge in [-0.3, -0.25) is 0 Å². The minimum Gasteiger partial charge on any atom is -0.478 e. The maximum atomic E-state index is 12.0. The number of aromatic carboxylic acids is 1. The van der Waals surface area contributed by atoms with Crippen LogP contribution in [0.2, 0.25) is 0 Å². The number of ether oxygens (including phenoxy) is 1. The lowest BCUT2D eigenvalue weighted by Crippen LogP contribution is -2.19. The van der Waals surface area contributed by atoms with E-state index in [0.717, 1.165) is 12.1 Å². The number of nitrogen functional groups attached to an aromatic ring is 1. The number of nitrogens with two attached hydrogens (primary N) is 1. The Bertz CT molecular complexity index is 433. The first-order valence-electron chi connectivity index (χ1n) is 3.79. The summed E-state index contributed by atoms with van der Waals surface area (Å²) in [5, 5.41) is 8.73. The van der Waals surface area contributed by atoms with E-state index in [1.807, 2.05) is 0 Å². The van der Waals surface area contributed by atoms with E-state index in [4.69, 9.17) is 10.8 Å². The van der Waals surface area contributed by atoms with Crippen LogP contribution in [0, 0.1) is 0 Å². The Morgan fingerprint density at radius 3 is 2.44 bits per heavy atom. The van der Waals surface area contributed by atoms with Gasteiger partial charge in [0.2, 0.25) is 0 Å². The van der Waals surface area contributed by atoms with Crippen molar-refractivity contribution in [2.45, 2.75) is 6.36 Å². The van der Waals surface area contributed by atoms with Gasteiger partial charge in [0, 0.05) is 5.69 Å². The van der Waals surface area contributed by atoms with Gasteiger partial charge in [0.05, 0.1) is 4.47 Å². The number of carbonyl (C=O) groups is 1. The smallest absolute Gasteiger partial charge is 0.478 e. The number of halogens is 4. The third-order valence-corrected chi connectivity index (χ3v) is 2.43. The van der Waals surface area contributed by atoms with Crippen LogP contribution < -0.4 is 10.5 Å². The number of benzene rings is 1. The van der Waals surface area contributed by atoms with E-state index in [9.17, 15) is 18.0 Å². The molecule has 0 aliphatic carbocycles. The van der Waals surface area contributed by atoms with Crippen molar-refractivity contribution in [2.75, 3.05) is 5.73 Å². The molecule has 0 radical (unpaired) electrons. The quantitative estimate of drug-likeness (QED) is 0.824. The van der Waals surface area contributed by atoms with Crippen molar-refractivity contribution in [1.82, 2.24) is 0 Å². The first-order valence-corrected chi connectivity index (χ1v) is 4.58. The molecule has 1 aromatic carbocycles. The summed E-state index contributed by atoms with van der Waals surface area (Å²) in [4.78, 5) is 10.7. The van der Waals surface area contributed by atoms with Gasteiger partial charge in [0.15, 0.2) is 0 Å². The molecule has 0 saturated heterocycles. The topological polar surface area (TPSA) is 72.5 Å². The molecule has 0 unspecified atom stereocenters. The molecule has 0 aliphatic rings. The average molecular weight is 300 g/mol. The summed E-state index contributed by atoms with van der Waals surface area (Å²) >= 11 is 2.79. The van der Waals surface area contributed by atoms with Crippen molar-refractivity contribution < 1.29 is 27.8 Å². The maximum Gasteiger partial charge on any atom is 0.573 e. The van der Waals surface area contributed by atoms with Gasteiger partial charge in [-0.05, 0) is 28.1 Å². The third-order valence-electron chi connectivity index (χ3n) is 1.57. The van der Waals surface area contributed by atoms with Crippen molar-refractivity contribution in [3.63, 3.8) is 0 Å². The lowest BCUT2D eigenvalue weighted by atomic mass is 10.2. The van der Waals surface area contributed by atoms with Crippen molar-refractivity contribution in [3.8, 4) is 5.75 Å². The molecule has 0 aromatic heterocycles. The van der Waals surface area contributed by atoms with Crippen LogP contribution >= 0.6 is 15.9 Å². The number of carboxylic acids is 1. The number of anilines is 1. The van der Waals surface area contributed by atoms with Gasteiger partial charge in [-0.25, -0.2) is 4.79 Å². The number of rotatable bonds is 2. The van der Waals surface area contributed by atoms with Gasteiger partial charge in [-0.15, -0.1) is 13.2 Å². The highest BCUT2D eigenvalue weighted by Gasteiger charge is 2.33. The zero-order valence-corrected chi connectivity index (χ0v) is 9.09. The van der Waals surface area contributed by atoms with Gasteiger partial charge >= 0.3 is 12.3 Å². The summed E-state index contributed by atoms with van der Waals surface area (Å²) in [6.07, 6.45) is -4.96. The van der Waals surface area contributed by atoms with Gasteiger partial charge in [0.25, 0.3) is 0 Å².